The van der Waals surface area contributed by atoms with Crippen LogP contribution in [0.1, 0.15) is 35.8 Å². The Labute approximate surface area is 153 Å². The number of hydrogen-bond acceptors (Lipinski definition) is 5. The first kappa shape index (κ1) is 16.8. The van der Waals surface area contributed by atoms with Crippen molar-refractivity contribution in [2.45, 2.75) is 32.2 Å². The van der Waals surface area contributed by atoms with Crippen molar-refractivity contribution < 1.29 is 0 Å². The van der Waals surface area contributed by atoms with Crippen molar-refractivity contribution in [3.8, 4) is 11.1 Å². The first-order valence-electron chi connectivity index (χ1n) is 9.12. The molecule has 3 aromatic rings. The molecule has 134 valence electrons. The molecular formula is C20H24N6. The lowest BCUT2D eigenvalue weighted by atomic mass is 9.92. The monoisotopic (exact) mass is 348 g/mol. The van der Waals surface area contributed by atoms with Crippen LogP contribution in [0.15, 0.2) is 43.1 Å². The number of pyridine rings is 1. The Morgan fingerprint density at radius 2 is 2.00 bits per heavy atom. The van der Waals surface area contributed by atoms with Gasteiger partial charge in [0.15, 0.2) is 0 Å². The van der Waals surface area contributed by atoms with E-state index in [0.29, 0.717) is 5.92 Å². The zero-order valence-corrected chi connectivity index (χ0v) is 15.3. The molecule has 3 aromatic heterocycles. The topological polar surface area (TPSA) is 59.7 Å². The van der Waals surface area contributed by atoms with Crippen molar-refractivity contribution in [3.05, 3.63) is 60.2 Å². The van der Waals surface area contributed by atoms with Gasteiger partial charge in [-0.15, -0.1) is 0 Å². The average Bonchev–Trinajstić information content (AvgIpc) is 3.07. The third-order valence-corrected chi connectivity index (χ3v) is 5.10. The van der Waals surface area contributed by atoms with Gasteiger partial charge in [0, 0.05) is 61.6 Å². The Morgan fingerprint density at radius 3 is 2.77 bits per heavy atom. The molecule has 1 atom stereocenters. The molecule has 1 aliphatic heterocycles. The quantitative estimate of drug-likeness (QED) is 0.725. The molecule has 26 heavy (non-hydrogen) atoms. The summed E-state index contributed by atoms with van der Waals surface area (Å²) in [5.74, 6) is 0.459. The predicted octanol–water partition coefficient (Wildman–Crippen LogP) is 2.96. The van der Waals surface area contributed by atoms with E-state index in [2.05, 4.69) is 45.1 Å². The summed E-state index contributed by atoms with van der Waals surface area (Å²) in [6.45, 7) is 5.17. The zero-order chi connectivity index (χ0) is 17.9. The third kappa shape index (κ3) is 3.65. The van der Waals surface area contributed by atoms with Crippen molar-refractivity contribution in [2.24, 2.45) is 7.05 Å². The second kappa shape index (κ2) is 7.33. The van der Waals surface area contributed by atoms with Crippen LogP contribution in [0, 0.1) is 6.92 Å². The number of rotatable bonds is 4. The van der Waals surface area contributed by atoms with Crippen molar-refractivity contribution in [1.82, 2.24) is 29.6 Å². The predicted molar refractivity (Wildman–Crippen MR) is 100 cm³/mol. The number of nitrogens with zero attached hydrogens (tertiary/aromatic N) is 6. The highest BCUT2D eigenvalue weighted by Gasteiger charge is 2.23. The Hall–Kier alpha value is -2.60. The van der Waals surface area contributed by atoms with Gasteiger partial charge in [0.25, 0.3) is 0 Å². The molecule has 6 nitrogen and oxygen atoms in total. The van der Waals surface area contributed by atoms with E-state index in [4.69, 9.17) is 4.98 Å². The molecule has 0 amide bonds. The van der Waals surface area contributed by atoms with Gasteiger partial charge in [0.1, 0.15) is 6.33 Å². The molecule has 0 N–H and O–H groups in total. The molecule has 0 spiro atoms. The third-order valence-electron chi connectivity index (χ3n) is 5.10. The van der Waals surface area contributed by atoms with Crippen molar-refractivity contribution in [3.63, 3.8) is 0 Å². The minimum atomic E-state index is 0.459. The molecule has 0 saturated carbocycles. The van der Waals surface area contributed by atoms with Gasteiger partial charge in [-0.3, -0.25) is 14.6 Å². The van der Waals surface area contributed by atoms with Gasteiger partial charge in [-0.25, -0.2) is 9.97 Å². The van der Waals surface area contributed by atoms with Gasteiger partial charge in [0.2, 0.25) is 0 Å². The highest BCUT2D eigenvalue weighted by atomic mass is 15.3. The lowest BCUT2D eigenvalue weighted by Gasteiger charge is -2.32. The Bertz CT molecular complexity index is 873. The summed E-state index contributed by atoms with van der Waals surface area (Å²) < 4.78 is 1.96. The van der Waals surface area contributed by atoms with Crippen LogP contribution in [-0.4, -0.2) is 42.7 Å². The van der Waals surface area contributed by atoms with E-state index >= 15 is 0 Å². The summed E-state index contributed by atoms with van der Waals surface area (Å²) in [5, 5.41) is 4.28. The van der Waals surface area contributed by atoms with E-state index in [1.807, 2.05) is 30.3 Å². The van der Waals surface area contributed by atoms with Crippen molar-refractivity contribution >= 4 is 0 Å². The lowest BCUT2D eigenvalue weighted by Crippen LogP contribution is -2.34. The minimum Gasteiger partial charge on any atom is -0.297 e. The zero-order valence-electron chi connectivity index (χ0n) is 15.3. The fourth-order valence-electron chi connectivity index (χ4n) is 3.74. The van der Waals surface area contributed by atoms with Crippen LogP contribution in [0.25, 0.3) is 11.1 Å². The van der Waals surface area contributed by atoms with E-state index in [0.717, 1.165) is 36.5 Å². The molecule has 4 heterocycles. The van der Waals surface area contributed by atoms with Gasteiger partial charge in [-0.1, -0.05) is 0 Å². The van der Waals surface area contributed by atoms with Gasteiger partial charge in [-0.2, -0.15) is 5.10 Å². The SMILES string of the molecule is Cc1cc(-c2cncnc2)cc([C@H]2CCCN(Cc3ccnn3C)C2)n1. The molecule has 1 aliphatic rings. The maximum Gasteiger partial charge on any atom is 0.115 e. The number of likely N-dealkylation sites (tertiary alicyclic amines) is 1. The lowest BCUT2D eigenvalue weighted by molar-refractivity contribution is 0.194. The molecular weight excluding hydrogens is 324 g/mol. The van der Waals surface area contributed by atoms with E-state index in [-0.39, 0.29) is 0 Å². The Balaban J connectivity index is 1.55. The van der Waals surface area contributed by atoms with Crippen LogP contribution in [0.3, 0.4) is 0 Å². The summed E-state index contributed by atoms with van der Waals surface area (Å²) in [7, 11) is 2.01. The first-order chi connectivity index (χ1) is 12.7. The molecule has 4 rings (SSSR count). The summed E-state index contributed by atoms with van der Waals surface area (Å²) in [4.78, 5) is 15.7. The van der Waals surface area contributed by atoms with Crippen molar-refractivity contribution in [2.75, 3.05) is 13.1 Å². The molecule has 0 aliphatic carbocycles. The average molecular weight is 348 g/mol. The molecule has 0 bridgehead atoms. The summed E-state index contributed by atoms with van der Waals surface area (Å²) >= 11 is 0. The van der Waals surface area contributed by atoms with E-state index in [1.165, 1.54) is 24.2 Å². The fourth-order valence-corrected chi connectivity index (χ4v) is 3.74. The van der Waals surface area contributed by atoms with Gasteiger partial charge in [-0.05, 0) is 50.1 Å². The number of aromatic nitrogens is 5. The highest BCUT2D eigenvalue weighted by Crippen LogP contribution is 2.29. The van der Waals surface area contributed by atoms with Gasteiger partial charge < -0.3 is 0 Å². The van der Waals surface area contributed by atoms with E-state index in [1.54, 1.807) is 6.33 Å². The number of aryl methyl sites for hydroxylation is 2. The van der Waals surface area contributed by atoms with Gasteiger partial charge in [0.05, 0.1) is 5.69 Å². The van der Waals surface area contributed by atoms with Crippen LogP contribution in [-0.2, 0) is 13.6 Å². The standard InChI is InChI=1S/C20H24N6/c1-15-8-17(18-10-21-14-22-11-18)9-20(24-15)16-4-3-7-26(12-16)13-19-5-6-23-25(19)2/h5-6,8-11,14,16H,3-4,7,12-13H2,1-2H3/t16-/m0/s1. The van der Waals surface area contributed by atoms with Crippen LogP contribution in [0.4, 0.5) is 0 Å². The van der Waals surface area contributed by atoms with Crippen LogP contribution in [0.5, 0.6) is 0 Å². The second-order valence-electron chi connectivity index (χ2n) is 7.07. The smallest absolute Gasteiger partial charge is 0.115 e. The fraction of sp³-hybridized carbons (Fsp3) is 0.400. The maximum absolute atomic E-state index is 4.85. The summed E-state index contributed by atoms with van der Waals surface area (Å²) in [6.07, 6.45) is 9.54. The summed E-state index contributed by atoms with van der Waals surface area (Å²) in [5.41, 5.74) is 5.67. The van der Waals surface area contributed by atoms with Gasteiger partial charge >= 0.3 is 0 Å². The van der Waals surface area contributed by atoms with E-state index < -0.39 is 0 Å². The largest absolute Gasteiger partial charge is 0.297 e. The number of hydrogen-bond donors (Lipinski definition) is 0. The van der Waals surface area contributed by atoms with Crippen LogP contribution < -0.4 is 0 Å². The van der Waals surface area contributed by atoms with Crippen LogP contribution >= 0.6 is 0 Å². The molecule has 1 saturated heterocycles. The van der Waals surface area contributed by atoms with Crippen LogP contribution in [0.2, 0.25) is 0 Å². The first-order valence-corrected chi connectivity index (χ1v) is 9.12. The molecule has 0 radical (unpaired) electrons. The molecule has 1 fully saturated rings. The minimum absolute atomic E-state index is 0.459. The molecule has 6 heteroatoms. The summed E-state index contributed by atoms with van der Waals surface area (Å²) in [6, 6.07) is 6.42. The number of piperidine rings is 1. The van der Waals surface area contributed by atoms with Crippen molar-refractivity contribution in [1.29, 1.82) is 0 Å². The maximum atomic E-state index is 4.85. The Morgan fingerprint density at radius 1 is 1.15 bits per heavy atom. The Kier molecular flexibility index (Phi) is 4.75. The normalized spacial score (nSPS) is 18.2. The molecule has 0 aromatic carbocycles. The second-order valence-corrected chi connectivity index (χ2v) is 7.07. The van der Waals surface area contributed by atoms with E-state index in [9.17, 15) is 0 Å². The molecule has 0 unspecified atom stereocenters. The highest BCUT2D eigenvalue weighted by molar-refractivity contribution is 5.62.